The molecule has 1 aliphatic rings. The Balaban J connectivity index is 1.59. The maximum absolute atomic E-state index is 13.0. The topological polar surface area (TPSA) is 72.9 Å². The van der Waals surface area contributed by atoms with Crippen LogP contribution < -0.4 is 9.47 Å². The minimum absolute atomic E-state index is 0.143. The molecule has 2 amide bonds. The van der Waals surface area contributed by atoms with Crippen molar-refractivity contribution in [3.63, 3.8) is 0 Å². The molecule has 0 N–H and O–H groups in total. The number of carbonyl (C=O) groups excluding carboxylic acids is 3. The Morgan fingerprint density at radius 1 is 1.08 bits per heavy atom. The van der Waals surface area contributed by atoms with Gasteiger partial charge in [-0.2, -0.15) is 0 Å². The van der Waals surface area contributed by atoms with Gasteiger partial charge in [-0.3, -0.25) is 14.5 Å². The molecule has 6 nitrogen and oxygen atoms in total. The van der Waals surface area contributed by atoms with Crippen molar-refractivity contribution >= 4 is 74.1 Å². The Morgan fingerprint density at radius 3 is 2.50 bits per heavy atom. The number of amides is 2. The lowest BCUT2D eigenvalue weighted by Gasteiger charge is -2.14. The van der Waals surface area contributed by atoms with Crippen LogP contribution >= 0.6 is 50.9 Å². The molecule has 3 aromatic rings. The molecule has 1 heterocycles. The van der Waals surface area contributed by atoms with Gasteiger partial charge in [-0.25, -0.2) is 4.79 Å². The maximum atomic E-state index is 13.0. The van der Waals surface area contributed by atoms with Gasteiger partial charge in [0.15, 0.2) is 11.5 Å². The summed E-state index contributed by atoms with van der Waals surface area (Å²) in [6.07, 6.45) is 1.60. The fraction of sp³-hybridized carbons (Fsp3) is 0.115. The van der Waals surface area contributed by atoms with Gasteiger partial charge in [0.1, 0.15) is 0 Å². The lowest BCUT2D eigenvalue weighted by Crippen LogP contribution is -2.27. The van der Waals surface area contributed by atoms with Gasteiger partial charge in [0, 0.05) is 5.02 Å². The zero-order valence-corrected chi connectivity index (χ0v) is 22.7. The van der Waals surface area contributed by atoms with E-state index in [0.29, 0.717) is 27.4 Å². The highest BCUT2D eigenvalue weighted by atomic mass is 79.9. The Kier molecular flexibility index (Phi) is 8.41. The maximum Gasteiger partial charge on any atom is 0.345 e. The third kappa shape index (κ3) is 5.95. The summed E-state index contributed by atoms with van der Waals surface area (Å²) in [6.45, 7) is 2.25. The van der Waals surface area contributed by atoms with E-state index >= 15 is 0 Å². The smallest absolute Gasteiger partial charge is 0.345 e. The van der Waals surface area contributed by atoms with E-state index in [2.05, 4.69) is 15.9 Å². The van der Waals surface area contributed by atoms with E-state index < -0.39 is 11.9 Å². The molecule has 4 rings (SSSR count). The summed E-state index contributed by atoms with van der Waals surface area (Å²) in [4.78, 5) is 39.6. The van der Waals surface area contributed by atoms with Crippen molar-refractivity contribution in [1.29, 1.82) is 0 Å². The number of halogens is 3. The molecule has 184 valence electrons. The van der Waals surface area contributed by atoms with Crippen molar-refractivity contribution in [3.8, 4) is 11.5 Å². The predicted octanol–water partition coefficient (Wildman–Crippen LogP) is 7.61. The van der Waals surface area contributed by atoms with E-state index in [1.807, 2.05) is 0 Å². The number of imide groups is 1. The summed E-state index contributed by atoms with van der Waals surface area (Å²) in [5.74, 6) is -0.574. The van der Waals surface area contributed by atoms with E-state index in [9.17, 15) is 14.4 Å². The third-order valence-electron chi connectivity index (χ3n) is 5.05. The van der Waals surface area contributed by atoms with Crippen molar-refractivity contribution in [2.24, 2.45) is 0 Å². The number of hydrogen-bond acceptors (Lipinski definition) is 6. The molecule has 0 bridgehead atoms. The molecule has 0 aliphatic carbocycles. The van der Waals surface area contributed by atoms with Crippen LogP contribution in [0.4, 0.5) is 4.79 Å². The van der Waals surface area contributed by atoms with Crippen molar-refractivity contribution in [2.45, 2.75) is 13.5 Å². The van der Waals surface area contributed by atoms with Gasteiger partial charge < -0.3 is 9.47 Å². The molecule has 0 aromatic heterocycles. The van der Waals surface area contributed by atoms with Gasteiger partial charge in [-0.15, -0.1) is 0 Å². The summed E-state index contributed by atoms with van der Waals surface area (Å²) in [6, 6.07) is 16.8. The van der Waals surface area contributed by atoms with Gasteiger partial charge in [-0.1, -0.05) is 47.5 Å². The Bertz CT molecular complexity index is 1380. The van der Waals surface area contributed by atoms with Gasteiger partial charge in [0.2, 0.25) is 0 Å². The highest BCUT2D eigenvalue weighted by molar-refractivity contribution is 9.10. The van der Waals surface area contributed by atoms with Crippen molar-refractivity contribution in [2.75, 3.05) is 6.61 Å². The van der Waals surface area contributed by atoms with Gasteiger partial charge in [0.05, 0.1) is 33.1 Å². The molecular formula is C26H18BrCl2NO5S. The summed E-state index contributed by atoms with van der Waals surface area (Å²) < 4.78 is 11.7. The summed E-state index contributed by atoms with van der Waals surface area (Å²) in [5, 5.41) is 0.475. The monoisotopic (exact) mass is 605 g/mol. The first-order chi connectivity index (χ1) is 17.3. The van der Waals surface area contributed by atoms with Crippen LogP contribution in [0.15, 0.2) is 70.0 Å². The van der Waals surface area contributed by atoms with E-state index in [-0.39, 0.29) is 33.0 Å². The molecular weight excluding hydrogens is 589 g/mol. The molecule has 1 fully saturated rings. The molecule has 1 saturated heterocycles. The van der Waals surface area contributed by atoms with Gasteiger partial charge in [-0.05, 0) is 88.2 Å². The normalized spacial score (nSPS) is 14.4. The predicted molar refractivity (Wildman–Crippen MR) is 145 cm³/mol. The quantitative estimate of drug-likeness (QED) is 0.157. The Morgan fingerprint density at radius 2 is 1.81 bits per heavy atom. The van der Waals surface area contributed by atoms with E-state index in [4.69, 9.17) is 32.7 Å². The Hall–Kier alpha value is -2.78. The van der Waals surface area contributed by atoms with Gasteiger partial charge >= 0.3 is 5.97 Å². The fourth-order valence-electron chi connectivity index (χ4n) is 3.37. The number of nitrogens with zero attached hydrogens (tertiary/aromatic N) is 1. The number of hydrogen-bond donors (Lipinski definition) is 0. The third-order valence-corrected chi connectivity index (χ3v) is 7.12. The molecule has 1 aliphatic heterocycles. The average molecular weight is 607 g/mol. The molecule has 0 unspecified atom stereocenters. The molecule has 0 atom stereocenters. The lowest BCUT2D eigenvalue weighted by molar-refractivity contribution is -0.123. The lowest BCUT2D eigenvalue weighted by atomic mass is 10.1. The van der Waals surface area contributed by atoms with Gasteiger partial charge in [0.25, 0.3) is 11.1 Å². The van der Waals surface area contributed by atoms with Crippen LogP contribution in [0.2, 0.25) is 10.0 Å². The average Bonchev–Trinajstić information content (AvgIpc) is 3.10. The molecule has 10 heteroatoms. The van der Waals surface area contributed by atoms with Crippen LogP contribution in [0, 0.1) is 0 Å². The van der Waals surface area contributed by atoms with Crippen LogP contribution in [-0.2, 0) is 11.3 Å². The highest BCUT2D eigenvalue weighted by Gasteiger charge is 2.35. The van der Waals surface area contributed by atoms with E-state index in [1.54, 1.807) is 73.7 Å². The van der Waals surface area contributed by atoms with Crippen LogP contribution in [0.25, 0.3) is 6.08 Å². The second-order valence-electron chi connectivity index (χ2n) is 7.53. The summed E-state index contributed by atoms with van der Waals surface area (Å²) >= 11 is 16.3. The zero-order valence-electron chi connectivity index (χ0n) is 18.8. The first kappa shape index (κ1) is 26.3. The van der Waals surface area contributed by atoms with E-state index in [1.165, 1.54) is 4.90 Å². The van der Waals surface area contributed by atoms with Crippen LogP contribution in [-0.4, -0.2) is 28.6 Å². The minimum Gasteiger partial charge on any atom is -0.490 e. The second kappa shape index (κ2) is 11.5. The SMILES string of the molecule is CCOc1cc(/C=C2\SC(=O)N(Cc3ccc(Cl)cc3)C2=O)cc(Br)c1OC(=O)c1ccccc1Cl. The van der Waals surface area contributed by atoms with Crippen molar-refractivity contribution in [3.05, 3.63) is 96.8 Å². The van der Waals surface area contributed by atoms with E-state index in [0.717, 1.165) is 17.3 Å². The molecule has 3 aromatic carbocycles. The first-order valence-electron chi connectivity index (χ1n) is 10.7. The van der Waals surface area contributed by atoms with Crippen LogP contribution in [0.3, 0.4) is 0 Å². The molecule has 0 spiro atoms. The van der Waals surface area contributed by atoms with Crippen molar-refractivity contribution in [1.82, 2.24) is 4.90 Å². The van der Waals surface area contributed by atoms with Crippen molar-refractivity contribution < 1.29 is 23.9 Å². The minimum atomic E-state index is -0.640. The molecule has 0 saturated carbocycles. The molecule has 0 radical (unpaired) electrons. The standard InChI is InChI=1S/C26H18BrCl2NO5S/c1-2-34-21-12-16(11-19(27)23(21)35-25(32)18-5-3-4-6-20(18)29)13-22-24(31)30(26(33)36-22)14-15-7-9-17(28)10-8-15/h3-13H,2,14H2,1H3/b22-13-. The highest BCUT2D eigenvalue weighted by Crippen LogP contribution is 2.40. The Labute approximate surface area is 230 Å². The van der Waals surface area contributed by atoms with Crippen LogP contribution in [0.1, 0.15) is 28.4 Å². The summed E-state index contributed by atoms with van der Waals surface area (Å²) in [7, 11) is 0. The number of rotatable bonds is 7. The number of carbonyl (C=O) groups is 3. The number of ether oxygens (including phenoxy) is 2. The largest absolute Gasteiger partial charge is 0.490 e. The fourth-order valence-corrected chi connectivity index (χ4v) is 5.09. The van der Waals surface area contributed by atoms with Crippen LogP contribution in [0.5, 0.6) is 11.5 Å². The first-order valence-corrected chi connectivity index (χ1v) is 13.1. The second-order valence-corrected chi connectivity index (χ2v) is 10.2. The number of benzene rings is 3. The summed E-state index contributed by atoms with van der Waals surface area (Å²) in [5.41, 5.74) is 1.58. The molecule has 36 heavy (non-hydrogen) atoms. The number of esters is 1. The number of thioether (sulfide) groups is 1. The zero-order chi connectivity index (χ0) is 25.8.